The zero-order chi connectivity index (χ0) is 14.8. The Hall–Kier alpha value is -2.13. The second-order valence-corrected chi connectivity index (χ2v) is 5.21. The number of hydrogen-bond donors (Lipinski definition) is 0. The SMILES string of the molecule is COc1ccccc1OCc1cc2c(Cl)cccc2n1C. The molecular weight excluding hydrogens is 286 g/mol. The molecule has 21 heavy (non-hydrogen) atoms. The monoisotopic (exact) mass is 301 g/mol. The zero-order valence-electron chi connectivity index (χ0n) is 12.0. The van der Waals surface area contributed by atoms with Crippen molar-refractivity contribution >= 4 is 22.5 Å². The summed E-state index contributed by atoms with van der Waals surface area (Å²) in [6, 6.07) is 15.6. The van der Waals surface area contributed by atoms with Gasteiger partial charge in [-0.25, -0.2) is 0 Å². The first-order chi connectivity index (χ1) is 10.2. The Balaban J connectivity index is 1.89. The molecule has 0 aliphatic heterocycles. The maximum atomic E-state index is 6.23. The van der Waals surface area contributed by atoms with Gasteiger partial charge in [-0.05, 0) is 30.3 Å². The Morgan fingerprint density at radius 3 is 2.52 bits per heavy atom. The van der Waals surface area contributed by atoms with Crippen molar-refractivity contribution in [3.63, 3.8) is 0 Å². The molecule has 4 heteroatoms. The van der Waals surface area contributed by atoms with E-state index in [1.54, 1.807) is 7.11 Å². The molecule has 0 N–H and O–H groups in total. The lowest BCUT2D eigenvalue weighted by Crippen LogP contribution is -2.02. The number of nitrogens with zero attached hydrogens (tertiary/aromatic N) is 1. The summed E-state index contributed by atoms with van der Waals surface area (Å²) in [5, 5.41) is 1.80. The van der Waals surface area contributed by atoms with Gasteiger partial charge in [-0.15, -0.1) is 0 Å². The minimum atomic E-state index is 0.460. The smallest absolute Gasteiger partial charge is 0.161 e. The molecule has 0 saturated heterocycles. The average molecular weight is 302 g/mol. The van der Waals surface area contributed by atoms with Crippen LogP contribution < -0.4 is 9.47 Å². The first-order valence-electron chi connectivity index (χ1n) is 6.69. The van der Waals surface area contributed by atoms with Gasteiger partial charge in [0.1, 0.15) is 6.61 Å². The first kappa shape index (κ1) is 13.8. The Morgan fingerprint density at radius 2 is 1.81 bits per heavy atom. The van der Waals surface area contributed by atoms with Gasteiger partial charge in [0.05, 0.1) is 12.8 Å². The Morgan fingerprint density at radius 1 is 1.05 bits per heavy atom. The van der Waals surface area contributed by atoms with Crippen LogP contribution in [0.25, 0.3) is 10.9 Å². The number of halogens is 1. The van der Waals surface area contributed by atoms with Crippen molar-refractivity contribution in [2.45, 2.75) is 6.61 Å². The fraction of sp³-hybridized carbons (Fsp3) is 0.176. The number of para-hydroxylation sites is 2. The Kier molecular flexibility index (Phi) is 3.76. The molecule has 0 atom stereocenters. The average Bonchev–Trinajstić information content (AvgIpc) is 2.84. The summed E-state index contributed by atoms with van der Waals surface area (Å²) in [6.07, 6.45) is 0. The molecule has 0 aliphatic rings. The van der Waals surface area contributed by atoms with E-state index in [0.717, 1.165) is 33.1 Å². The Bertz CT molecular complexity index is 780. The van der Waals surface area contributed by atoms with Crippen LogP contribution in [0, 0.1) is 0 Å². The lowest BCUT2D eigenvalue weighted by atomic mass is 10.2. The van der Waals surface area contributed by atoms with Gasteiger partial charge in [0.25, 0.3) is 0 Å². The van der Waals surface area contributed by atoms with Gasteiger partial charge in [0, 0.05) is 23.0 Å². The molecule has 1 heterocycles. The topological polar surface area (TPSA) is 23.4 Å². The van der Waals surface area contributed by atoms with E-state index in [0.29, 0.717) is 6.61 Å². The molecule has 108 valence electrons. The fourth-order valence-electron chi connectivity index (χ4n) is 2.41. The highest BCUT2D eigenvalue weighted by Crippen LogP contribution is 2.29. The van der Waals surface area contributed by atoms with Crippen molar-refractivity contribution in [3.8, 4) is 11.5 Å². The largest absolute Gasteiger partial charge is 0.493 e. The first-order valence-corrected chi connectivity index (χ1v) is 7.07. The zero-order valence-corrected chi connectivity index (χ0v) is 12.7. The van der Waals surface area contributed by atoms with Gasteiger partial charge < -0.3 is 14.0 Å². The van der Waals surface area contributed by atoms with Crippen molar-refractivity contribution in [2.24, 2.45) is 7.05 Å². The van der Waals surface area contributed by atoms with Crippen LogP contribution in [0.1, 0.15) is 5.69 Å². The van der Waals surface area contributed by atoms with Gasteiger partial charge >= 0.3 is 0 Å². The van der Waals surface area contributed by atoms with Crippen molar-refractivity contribution in [1.29, 1.82) is 0 Å². The van der Waals surface area contributed by atoms with Crippen LogP contribution in [0.3, 0.4) is 0 Å². The molecule has 0 unspecified atom stereocenters. The standard InChI is InChI=1S/C17H16ClNO2/c1-19-12(10-13-14(18)6-5-7-15(13)19)11-21-17-9-4-3-8-16(17)20-2/h3-10H,11H2,1-2H3. The summed E-state index contributed by atoms with van der Waals surface area (Å²) >= 11 is 6.23. The van der Waals surface area contributed by atoms with E-state index in [1.807, 2.05) is 49.5 Å². The molecule has 3 nitrogen and oxygen atoms in total. The maximum absolute atomic E-state index is 6.23. The van der Waals surface area contributed by atoms with Gasteiger partial charge in [0.2, 0.25) is 0 Å². The molecule has 3 aromatic rings. The quantitative estimate of drug-likeness (QED) is 0.712. The fourth-order valence-corrected chi connectivity index (χ4v) is 2.63. The molecule has 0 saturated carbocycles. The number of fused-ring (bicyclic) bond motifs is 1. The number of rotatable bonds is 4. The highest BCUT2D eigenvalue weighted by molar-refractivity contribution is 6.35. The molecule has 0 fully saturated rings. The maximum Gasteiger partial charge on any atom is 0.161 e. The van der Waals surface area contributed by atoms with E-state index in [4.69, 9.17) is 21.1 Å². The van der Waals surface area contributed by atoms with E-state index < -0.39 is 0 Å². The highest BCUT2D eigenvalue weighted by Gasteiger charge is 2.10. The molecule has 3 rings (SSSR count). The van der Waals surface area contributed by atoms with E-state index in [9.17, 15) is 0 Å². The number of ether oxygens (including phenoxy) is 2. The third-order valence-corrected chi connectivity index (χ3v) is 3.91. The van der Waals surface area contributed by atoms with Crippen molar-refractivity contribution in [3.05, 3.63) is 59.2 Å². The van der Waals surface area contributed by atoms with Crippen LogP contribution in [0.4, 0.5) is 0 Å². The Labute approximate surface area is 128 Å². The second-order valence-electron chi connectivity index (χ2n) is 4.81. The summed E-state index contributed by atoms with van der Waals surface area (Å²) in [5.74, 6) is 1.46. The predicted molar refractivity (Wildman–Crippen MR) is 85.3 cm³/mol. The van der Waals surface area contributed by atoms with Crippen LogP contribution in [0.15, 0.2) is 48.5 Å². The lowest BCUT2D eigenvalue weighted by molar-refractivity contribution is 0.278. The third-order valence-electron chi connectivity index (χ3n) is 3.58. The predicted octanol–water partition coefficient (Wildman–Crippen LogP) is 4.42. The van der Waals surface area contributed by atoms with Crippen molar-refractivity contribution in [1.82, 2.24) is 4.57 Å². The van der Waals surface area contributed by atoms with Crippen molar-refractivity contribution in [2.75, 3.05) is 7.11 Å². The summed E-state index contributed by atoms with van der Waals surface area (Å²) < 4.78 is 13.3. The molecule has 0 radical (unpaired) electrons. The van der Waals surface area contributed by atoms with Crippen LogP contribution >= 0.6 is 11.6 Å². The summed E-state index contributed by atoms with van der Waals surface area (Å²) in [6.45, 7) is 0.460. The van der Waals surface area contributed by atoms with E-state index >= 15 is 0 Å². The molecule has 2 aromatic carbocycles. The minimum Gasteiger partial charge on any atom is -0.493 e. The minimum absolute atomic E-state index is 0.460. The second kappa shape index (κ2) is 5.70. The molecule has 0 amide bonds. The van der Waals surface area contributed by atoms with E-state index in [2.05, 4.69) is 10.6 Å². The number of aromatic nitrogens is 1. The van der Waals surface area contributed by atoms with Crippen LogP contribution in [0.5, 0.6) is 11.5 Å². The summed E-state index contributed by atoms with van der Waals surface area (Å²) in [4.78, 5) is 0. The van der Waals surface area contributed by atoms with Crippen LogP contribution in [-0.2, 0) is 13.7 Å². The summed E-state index contributed by atoms with van der Waals surface area (Å²) in [7, 11) is 3.65. The molecule has 0 bridgehead atoms. The molecule has 0 spiro atoms. The van der Waals surface area contributed by atoms with E-state index in [-0.39, 0.29) is 0 Å². The van der Waals surface area contributed by atoms with Crippen LogP contribution in [0.2, 0.25) is 5.02 Å². The normalized spacial score (nSPS) is 10.8. The molecular formula is C17H16ClNO2. The van der Waals surface area contributed by atoms with Gasteiger partial charge in [0.15, 0.2) is 11.5 Å². The number of hydrogen-bond acceptors (Lipinski definition) is 2. The van der Waals surface area contributed by atoms with Gasteiger partial charge in [-0.2, -0.15) is 0 Å². The van der Waals surface area contributed by atoms with Gasteiger partial charge in [-0.1, -0.05) is 29.8 Å². The van der Waals surface area contributed by atoms with Crippen LogP contribution in [-0.4, -0.2) is 11.7 Å². The molecule has 0 aliphatic carbocycles. The number of aryl methyl sites for hydroxylation is 1. The summed E-state index contributed by atoms with van der Waals surface area (Å²) in [5.41, 5.74) is 2.16. The number of benzene rings is 2. The number of methoxy groups -OCH3 is 1. The van der Waals surface area contributed by atoms with Gasteiger partial charge in [-0.3, -0.25) is 0 Å². The highest BCUT2D eigenvalue weighted by atomic mass is 35.5. The lowest BCUT2D eigenvalue weighted by Gasteiger charge is -2.10. The van der Waals surface area contributed by atoms with Crippen molar-refractivity contribution < 1.29 is 9.47 Å². The molecule has 1 aromatic heterocycles. The van der Waals surface area contributed by atoms with E-state index in [1.165, 1.54) is 0 Å². The third kappa shape index (κ3) is 2.57.